The normalized spacial score (nSPS) is 21.6. The number of halogens is 4. The first-order valence-corrected chi connectivity index (χ1v) is 11.4. The van der Waals surface area contributed by atoms with Gasteiger partial charge in [0.25, 0.3) is 0 Å². The molecule has 2 aliphatic carbocycles. The minimum atomic E-state index is -1.43. The minimum Gasteiger partial charge on any atom is -0.491 e. The summed E-state index contributed by atoms with van der Waals surface area (Å²) in [6.07, 6.45) is 6.77. The van der Waals surface area contributed by atoms with Gasteiger partial charge in [0.05, 0.1) is 6.61 Å². The molecule has 2 aliphatic rings. The van der Waals surface area contributed by atoms with E-state index in [4.69, 9.17) is 9.47 Å². The van der Waals surface area contributed by atoms with Gasteiger partial charge in [-0.05, 0) is 68.2 Å². The number of ether oxygens (including phenoxy) is 2. The highest BCUT2D eigenvalue weighted by atomic mass is 19.2. The SMILES string of the molecule is CCCC1CCC2C(C(=O)Oc3ccc(-c4ccc(OCC)c(F)c4F)c(F)c3F)=CCC12. The Morgan fingerprint density at radius 2 is 1.55 bits per heavy atom. The highest BCUT2D eigenvalue weighted by molar-refractivity contribution is 5.91. The van der Waals surface area contributed by atoms with Crippen LogP contribution in [-0.2, 0) is 4.79 Å². The highest BCUT2D eigenvalue weighted by Crippen LogP contribution is 2.49. The first-order valence-electron chi connectivity index (χ1n) is 11.4. The van der Waals surface area contributed by atoms with Gasteiger partial charge in [-0.1, -0.05) is 25.8 Å². The van der Waals surface area contributed by atoms with Crippen LogP contribution in [-0.4, -0.2) is 12.6 Å². The zero-order valence-corrected chi connectivity index (χ0v) is 18.6. The van der Waals surface area contributed by atoms with Gasteiger partial charge in [-0.2, -0.15) is 8.78 Å². The molecular formula is C26H26F4O3. The molecule has 1 saturated carbocycles. The van der Waals surface area contributed by atoms with Crippen molar-refractivity contribution in [3.8, 4) is 22.6 Å². The molecule has 3 nitrogen and oxygen atoms in total. The fourth-order valence-electron chi connectivity index (χ4n) is 5.26. The van der Waals surface area contributed by atoms with Crippen molar-refractivity contribution in [3.05, 3.63) is 59.2 Å². The molecular weight excluding hydrogens is 436 g/mol. The van der Waals surface area contributed by atoms with Crippen LogP contribution in [0.2, 0.25) is 0 Å². The van der Waals surface area contributed by atoms with E-state index in [1.165, 1.54) is 0 Å². The van der Waals surface area contributed by atoms with E-state index in [1.807, 2.05) is 6.08 Å². The van der Waals surface area contributed by atoms with E-state index in [2.05, 4.69) is 6.92 Å². The fourth-order valence-corrected chi connectivity index (χ4v) is 5.26. The third-order valence-electron chi connectivity index (χ3n) is 6.76. The number of rotatable bonds is 7. The lowest BCUT2D eigenvalue weighted by atomic mass is 9.87. The second-order valence-electron chi connectivity index (χ2n) is 8.59. The van der Waals surface area contributed by atoms with Gasteiger partial charge in [-0.3, -0.25) is 0 Å². The van der Waals surface area contributed by atoms with E-state index in [0.717, 1.165) is 56.4 Å². The van der Waals surface area contributed by atoms with Gasteiger partial charge in [0.2, 0.25) is 11.6 Å². The molecule has 4 rings (SSSR count). The standard InChI is InChI=1S/C26H26F4O3/c1-3-5-14-6-7-16-15(14)8-9-19(16)26(31)33-21-13-11-18(23(28)25(21)30)17-10-12-20(32-4-2)24(29)22(17)27/h9-16H,3-8H2,1-2H3. The quantitative estimate of drug-likeness (QED) is 0.253. The van der Waals surface area contributed by atoms with Gasteiger partial charge in [0.15, 0.2) is 23.1 Å². The van der Waals surface area contributed by atoms with Crippen molar-refractivity contribution in [2.45, 2.75) is 46.0 Å². The molecule has 2 aromatic rings. The van der Waals surface area contributed by atoms with E-state index < -0.39 is 46.1 Å². The van der Waals surface area contributed by atoms with Crippen LogP contribution in [0.4, 0.5) is 17.6 Å². The monoisotopic (exact) mass is 462 g/mol. The number of benzene rings is 2. The number of esters is 1. The summed E-state index contributed by atoms with van der Waals surface area (Å²) in [5.41, 5.74) is -0.424. The number of carbonyl (C=O) groups is 1. The summed E-state index contributed by atoms with van der Waals surface area (Å²) >= 11 is 0. The number of hydrogen-bond donors (Lipinski definition) is 0. The Hall–Kier alpha value is -2.83. The van der Waals surface area contributed by atoms with Gasteiger partial charge < -0.3 is 9.47 Å². The van der Waals surface area contributed by atoms with Crippen molar-refractivity contribution >= 4 is 5.97 Å². The Morgan fingerprint density at radius 3 is 2.18 bits per heavy atom. The number of hydrogen-bond acceptors (Lipinski definition) is 3. The van der Waals surface area contributed by atoms with Gasteiger partial charge in [0, 0.05) is 16.7 Å². The van der Waals surface area contributed by atoms with Crippen molar-refractivity contribution in [1.29, 1.82) is 0 Å². The van der Waals surface area contributed by atoms with E-state index in [0.29, 0.717) is 17.4 Å². The molecule has 0 radical (unpaired) electrons. The Morgan fingerprint density at radius 1 is 0.909 bits per heavy atom. The van der Waals surface area contributed by atoms with Crippen LogP contribution in [0.1, 0.15) is 46.0 Å². The molecule has 0 heterocycles. The van der Waals surface area contributed by atoms with Crippen LogP contribution in [0.25, 0.3) is 11.1 Å². The van der Waals surface area contributed by atoms with Gasteiger partial charge >= 0.3 is 5.97 Å². The van der Waals surface area contributed by atoms with Crippen molar-refractivity contribution < 1.29 is 31.8 Å². The lowest BCUT2D eigenvalue weighted by molar-refractivity contribution is -0.131. The first kappa shape index (κ1) is 23.3. The topological polar surface area (TPSA) is 35.5 Å². The van der Waals surface area contributed by atoms with Crippen LogP contribution >= 0.6 is 0 Å². The molecule has 2 aromatic carbocycles. The van der Waals surface area contributed by atoms with E-state index in [1.54, 1.807) is 6.92 Å². The maximum atomic E-state index is 14.8. The lowest BCUT2D eigenvalue weighted by Crippen LogP contribution is -2.19. The first-order chi connectivity index (χ1) is 15.9. The predicted octanol–water partition coefficient (Wildman–Crippen LogP) is 6.99. The maximum absolute atomic E-state index is 14.8. The molecule has 0 bridgehead atoms. The molecule has 1 fully saturated rings. The molecule has 0 aromatic heterocycles. The summed E-state index contributed by atoms with van der Waals surface area (Å²) in [7, 11) is 0. The smallest absolute Gasteiger partial charge is 0.339 e. The molecule has 176 valence electrons. The fraction of sp³-hybridized carbons (Fsp3) is 0.423. The zero-order valence-electron chi connectivity index (χ0n) is 18.6. The average molecular weight is 462 g/mol. The third kappa shape index (κ3) is 4.25. The molecule has 7 heteroatoms. The second kappa shape index (κ2) is 9.57. The maximum Gasteiger partial charge on any atom is 0.339 e. The average Bonchev–Trinajstić information content (AvgIpc) is 3.39. The number of carbonyl (C=O) groups excluding carboxylic acids is 1. The second-order valence-corrected chi connectivity index (χ2v) is 8.59. The van der Waals surface area contributed by atoms with E-state index in [9.17, 15) is 22.4 Å². The summed E-state index contributed by atoms with van der Waals surface area (Å²) < 4.78 is 68.4. The van der Waals surface area contributed by atoms with E-state index in [-0.39, 0.29) is 18.3 Å². The van der Waals surface area contributed by atoms with Crippen molar-refractivity contribution in [3.63, 3.8) is 0 Å². The van der Waals surface area contributed by atoms with E-state index >= 15 is 0 Å². The molecule has 33 heavy (non-hydrogen) atoms. The summed E-state index contributed by atoms with van der Waals surface area (Å²) in [5, 5.41) is 0. The van der Waals surface area contributed by atoms with Gasteiger partial charge in [-0.15, -0.1) is 0 Å². The Labute approximate surface area is 190 Å². The Kier molecular flexibility index (Phi) is 6.77. The van der Waals surface area contributed by atoms with Crippen molar-refractivity contribution in [2.24, 2.45) is 17.8 Å². The van der Waals surface area contributed by atoms with Gasteiger partial charge in [0.1, 0.15) is 0 Å². The molecule has 0 saturated heterocycles. The Bertz CT molecular complexity index is 1100. The molecule has 0 amide bonds. The highest BCUT2D eigenvalue weighted by Gasteiger charge is 2.43. The lowest BCUT2D eigenvalue weighted by Gasteiger charge is -2.19. The molecule has 3 atom stereocenters. The molecule has 0 spiro atoms. The van der Waals surface area contributed by atoms with Crippen molar-refractivity contribution in [1.82, 2.24) is 0 Å². The molecule has 0 aliphatic heterocycles. The van der Waals surface area contributed by atoms with Gasteiger partial charge in [-0.25, -0.2) is 13.6 Å². The van der Waals surface area contributed by atoms with Crippen LogP contribution in [0.15, 0.2) is 35.9 Å². The summed E-state index contributed by atoms with van der Waals surface area (Å²) in [5.74, 6) is -6.04. The summed E-state index contributed by atoms with van der Waals surface area (Å²) in [6, 6.07) is 4.39. The van der Waals surface area contributed by atoms with Crippen LogP contribution in [0, 0.1) is 41.0 Å². The third-order valence-corrected chi connectivity index (χ3v) is 6.76. The minimum absolute atomic E-state index is 0.0853. The van der Waals surface area contributed by atoms with Crippen LogP contribution in [0.5, 0.6) is 11.5 Å². The Balaban J connectivity index is 1.54. The summed E-state index contributed by atoms with van der Waals surface area (Å²) in [6.45, 7) is 3.87. The molecule has 0 N–H and O–H groups in total. The van der Waals surface area contributed by atoms with Crippen LogP contribution < -0.4 is 9.47 Å². The van der Waals surface area contributed by atoms with Crippen LogP contribution in [0.3, 0.4) is 0 Å². The number of allylic oxidation sites excluding steroid dienone is 1. The van der Waals surface area contributed by atoms with Crippen molar-refractivity contribution in [2.75, 3.05) is 6.61 Å². The number of fused-ring (bicyclic) bond motifs is 1. The summed E-state index contributed by atoms with van der Waals surface area (Å²) in [4.78, 5) is 12.7. The predicted molar refractivity (Wildman–Crippen MR) is 116 cm³/mol. The zero-order chi connectivity index (χ0) is 23.7. The largest absolute Gasteiger partial charge is 0.491 e. The molecule has 3 unspecified atom stereocenters.